The van der Waals surface area contributed by atoms with E-state index in [0.29, 0.717) is 5.76 Å². The number of carbonyl (C=O) groups is 1. The van der Waals surface area contributed by atoms with Crippen molar-refractivity contribution in [2.24, 2.45) is 0 Å². The first-order valence-electron chi connectivity index (χ1n) is 5.88. The molecule has 1 aromatic carbocycles. The maximum absolute atomic E-state index is 11.8. The molecule has 94 valence electrons. The van der Waals surface area contributed by atoms with E-state index in [4.69, 9.17) is 4.42 Å². The van der Waals surface area contributed by atoms with Crippen LogP contribution in [0.1, 0.15) is 6.92 Å². The summed E-state index contributed by atoms with van der Waals surface area (Å²) in [7, 11) is 0. The van der Waals surface area contributed by atoms with Crippen molar-refractivity contribution in [1.29, 1.82) is 0 Å². The lowest BCUT2D eigenvalue weighted by molar-refractivity contribution is -0.114. The van der Waals surface area contributed by atoms with Gasteiger partial charge in [0.15, 0.2) is 0 Å². The summed E-state index contributed by atoms with van der Waals surface area (Å²) in [4.78, 5) is 22.9. The van der Waals surface area contributed by atoms with Crippen molar-refractivity contribution >= 4 is 22.6 Å². The molecule has 19 heavy (non-hydrogen) atoms. The molecule has 4 heteroatoms. The molecule has 0 saturated carbocycles. The van der Waals surface area contributed by atoms with Crippen LogP contribution in [0.25, 0.3) is 22.3 Å². The summed E-state index contributed by atoms with van der Waals surface area (Å²) in [5.41, 5.74) is 1.51. The van der Waals surface area contributed by atoms with Crippen LogP contribution in [0.5, 0.6) is 0 Å². The molecule has 1 aromatic rings. The SMILES string of the molecule is CC(=O)Nc1cc2cc3ccccc3oc-2cc1=O. The zero-order chi connectivity index (χ0) is 13.4. The average Bonchev–Trinajstić information content (AvgIpc) is 2.37. The summed E-state index contributed by atoms with van der Waals surface area (Å²) in [6.07, 6.45) is 0. The highest BCUT2D eigenvalue weighted by Crippen LogP contribution is 2.28. The topological polar surface area (TPSA) is 59.3 Å². The second-order valence-corrected chi connectivity index (χ2v) is 4.35. The van der Waals surface area contributed by atoms with Crippen LogP contribution in [-0.4, -0.2) is 5.91 Å². The number of benzene rings is 2. The number of rotatable bonds is 1. The molecule has 4 nitrogen and oxygen atoms in total. The van der Waals surface area contributed by atoms with E-state index in [9.17, 15) is 9.59 Å². The van der Waals surface area contributed by atoms with Crippen LogP contribution >= 0.6 is 0 Å². The van der Waals surface area contributed by atoms with E-state index in [2.05, 4.69) is 5.32 Å². The quantitative estimate of drug-likeness (QED) is 0.678. The molecule has 1 N–H and O–H groups in total. The van der Waals surface area contributed by atoms with E-state index in [1.165, 1.54) is 13.0 Å². The lowest BCUT2D eigenvalue weighted by Gasteiger charge is -2.09. The second-order valence-electron chi connectivity index (χ2n) is 4.35. The maximum atomic E-state index is 11.8. The van der Waals surface area contributed by atoms with Gasteiger partial charge in [-0.25, -0.2) is 0 Å². The van der Waals surface area contributed by atoms with Gasteiger partial charge >= 0.3 is 0 Å². The first kappa shape index (κ1) is 11.5. The largest absolute Gasteiger partial charge is 0.456 e. The molecule has 0 bridgehead atoms. The van der Waals surface area contributed by atoms with Crippen LogP contribution in [0.2, 0.25) is 0 Å². The van der Waals surface area contributed by atoms with Crippen molar-refractivity contribution in [2.75, 3.05) is 5.32 Å². The zero-order valence-electron chi connectivity index (χ0n) is 10.3. The van der Waals surface area contributed by atoms with Gasteiger partial charge in [-0.15, -0.1) is 0 Å². The Kier molecular flexibility index (Phi) is 2.56. The minimum Gasteiger partial charge on any atom is -0.456 e. The number of fused-ring (bicyclic) bond motifs is 2. The molecule has 0 aromatic heterocycles. The normalized spacial score (nSPS) is 10.8. The predicted octanol–water partition coefficient (Wildman–Crippen LogP) is 2.86. The van der Waals surface area contributed by atoms with Gasteiger partial charge in [0.05, 0.1) is 5.69 Å². The predicted molar refractivity (Wildman–Crippen MR) is 73.4 cm³/mol. The Morgan fingerprint density at radius 1 is 1.16 bits per heavy atom. The third-order valence-corrected chi connectivity index (χ3v) is 2.87. The molecule has 0 fully saturated rings. The first-order chi connectivity index (χ1) is 9.13. The van der Waals surface area contributed by atoms with Crippen LogP contribution in [0.3, 0.4) is 0 Å². The van der Waals surface area contributed by atoms with Crippen LogP contribution in [0, 0.1) is 0 Å². The molecule has 0 atom stereocenters. The number of hydrogen-bond donors (Lipinski definition) is 1. The molecule has 2 aliphatic rings. The summed E-state index contributed by atoms with van der Waals surface area (Å²) in [5.74, 6) is 0.243. The van der Waals surface area contributed by atoms with E-state index in [1.807, 2.05) is 30.3 Å². The number of nitrogens with one attached hydrogen (secondary N) is 1. The van der Waals surface area contributed by atoms with Crippen LogP contribution in [-0.2, 0) is 4.79 Å². The van der Waals surface area contributed by atoms with Gasteiger partial charge in [0.25, 0.3) is 0 Å². The Labute approximate surface area is 109 Å². The first-order valence-corrected chi connectivity index (χ1v) is 5.88. The Morgan fingerprint density at radius 2 is 1.95 bits per heavy atom. The van der Waals surface area contributed by atoms with E-state index >= 15 is 0 Å². The molecule has 1 amide bonds. The third kappa shape index (κ3) is 2.08. The molecule has 0 spiro atoms. The highest BCUT2D eigenvalue weighted by atomic mass is 16.3. The summed E-state index contributed by atoms with van der Waals surface area (Å²) >= 11 is 0. The van der Waals surface area contributed by atoms with Crippen molar-refractivity contribution in [3.63, 3.8) is 0 Å². The van der Waals surface area contributed by atoms with Crippen LogP contribution in [0.15, 0.2) is 51.7 Å². The molecular formula is C15H11NO3. The second kappa shape index (κ2) is 4.24. The van der Waals surface area contributed by atoms with E-state index in [1.54, 1.807) is 6.07 Å². The summed E-state index contributed by atoms with van der Waals surface area (Å²) in [6, 6.07) is 12.5. The minimum atomic E-state index is -0.269. The zero-order valence-corrected chi connectivity index (χ0v) is 10.3. The van der Waals surface area contributed by atoms with Gasteiger partial charge in [-0.1, -0.05) is 18.2 Å². The number of carbonyl (C=O) groups excluding carboxylic acids is 1. The van der Waals surface area contributed by atoms with E-state index in [-0.39, 0.29) is 17.0 Å². The molecular weight excluding hydrogens is 242 g/mol. The highest BCUT2D eigenvalue weighted by molar-refractivity contribution is 5.90. The van der Waals surface area contributed by atoms with Crippen molar-refractivity contribution in [3.8, 4) is 11.3 Å². The van der Waals surface area contributed by atoms with Crippen molar-refractivity contribution < 1.29 is 9.21 Å². The standard InChI is InChI=1S/C15H11NO3/c1-9(17)16-12-7-11-6-10-4-2-3-5-14(10)19-15(11)8-13(12)18/h2-8H,1H3,(H,16,17). The molecule has 1 aliphatic carbocycles. The summed E-state index contributed by atoms with van der Waals surface area (Å²) < 4.78 is 5.67. The van der Waals surface area contributed by atoms with Gasteiger partial charge in [-0.05, 0) is 18.2 Å². The average molecular weight is 253 g/mol. The van der Waals surface area contributed by atoms with Gasteiger partial charge in [0, 0.05) is 23.9 Å². The molecule has 0 unspecified atom stereocenters. The molecule has 3 rings (SSSR count). The summed E-state index contributed by atoms with van der Waals surface area (Å²) in [5, 5.41) is 3.47. The summed E-state index contributed by atoms with van der Waals surface area (Å²) in [6.45, 7) is 1.37. The van der Waals surface area contributed by atoms with Crippen molar-refractivity contribution in [2.45, 2.75) is 6.92 Å². The molecule has 0 radical (unpaired) electrons. The van der Waals surface area contributed by atoms with Gasteiger partial charge in [0.2, 0.25) is 11.3 Å². The fraction of sp³-hybridized carbons (Fsp3) is 0.0667. The fourth-order valence-electron chi connectivity index (χ4n) is 2.05. The number of hydrogen-bond acceptors (Lipinski definition) is 3. The Balaban J connectivity index is 2.28. The van der Waals surface area contributed by atoms with Gasteiger partial charge < -0.3 is 9.73 Å². The molecule has 1 heterocycles. The smallest absolute Gasteiger partial charge is 0.221 e. The molecule has 0 saturated heterocycles. The monoisotopic (exact) mass is 253 g/mol. The van der Waals surface area contributed by atoms with Gasteiger partial charge in [-0.2, -0.15) is 0 Å². The van der Waals surface area contributed by atoms with Crippen LogP contribution < -0.4 is 10.7 Å². The Hall–Kier alpha value is -2.62. The Bertz CT molecular complexity index is 804. The highest BCUT2D eigenvalue weighted by Gasteiger charge is 2.11. The Morgan fingerprint density at radius 3 is 2.74 bits per heavy atom. The van der Waals surface area contributed by atoms with E-state index in [0.717, 1.165) is 16.5 Å². The maximum Gasteiger partial charge on any atom is 0.221 e. The van der Waals surface area contributed by atoms with Gasteiger partial charge in [-0.3, -0.25) is 9.59 Å². The van der Waals surface area contributed by atoms with Gasteiger partial charge in [0.1, 0.15) is 11.3 Å². The van der Waals surface area contributed by atoms with Crippen molar-refractivity contribution in [1.82, 2.24) is 0 Å². The van der Waals surface area contributed by atoms with Crippen LogP contribution in [0.4, 0.5) is 5.69 Å². The number of anilines is 1. The van der Waals surface area contributed by atoms with E-state index < -0.39 is 0 Å². The fourth-order valence-corrected chi connectivity index (χ4v) is 2.05. The van der Waals surface area contributed by atoms with Crippen molar-refractivity contribution in [3.05, 3.63) is 52.7 Å². The minimum absolute atomic E-state index is 0.262. The number of amides is 1. The lowest BCUT2D eigenvalue weighted by Crippen LogP contribution is -2.15. The lowest BCUT2D eigenvalue weighted by atomic mass is 10.1. The molecule has 1 aliphatic heterocycles. The number of para-hydroxylation sites is 1. The third-order valence-electron chi connectivity index (χ3n) is 2.87.